The van der Waals surface area contributed by atoms with E-state index >= 15 is 0 Å². The highest BCUT2D eigenvalue weighted by atomic mass is 35.5. The fourth-order valence-electron chi connectivity index (χ4n) is 1.60. The summed E-state index contributed by atoms with van der Waals surface area (Å²) in [7, 11) is 5.70. The van der Waals surface area contributed by atoms with Crippen LogP contribution >= 0.6 is 11.6 Å². The van der Waals surface area contributed by atoms with Crippen LogP contribution in [-0.2, 0) is 11.3 Å². The van der Waals surface area contributed by atoms with Crippen LogP contribution in [0.2, 0.25) is 5.02 Å². The van der Waals surface area contributed by atoms with Gasteiger partial charge in [0.2, 0.25) is 0 Å². The standard InChI is InChI=1S/C12H19ClN2O/c1-15(2)12-10(5-4-6-11(12)13)9-14-7-8-16-3/h4-6,14H,7-9H2,1-3H3. The molecule has 3 nitrogen and oxygen atoms in total. The van der Waals surface area contributed by atoms with Gasteiger partial charge in [-0.15, -0.1) is 0 Å². The summed E-state index contributed by atoms with van der Waals surface area (Å²) in [6.45, 7) is 2.37. The van der Waals surface area contributed by atoms with Crippen LogP contribution in [0.3, 0.4) is 0 Å². The van der Waals surface area contributed by atoms with Gasteiger partial charge in [-0.25, -0.2) is 0 Å². The molecule has 0 fully saturated rings. The molecule has 0 aliphatic carbocycles. The summed E-state index contributed by atoms with van der Waals surface area (Å²) < 4.78 is 4.98. The molecule has 0 saturated carbocycles. The van der Waals surface area contributed by atoms with E-state index in [1.807, 2.05) is 31.1 Å². The number of benzene rings is 1. The van der Waals surface area contributed by atoms with Gasteiger partial charge in [-0.2, -0.15) is 0 Å². The molecule has 16 heavy (non-hydrogen) atoms. The van der Waals surface area contributed by atoms with Gasteiger partial charge in [0, 0.05) is 34.3 Å². The van der Waals surface area contributed by atoms with E-state index in [1.54, 1.807) is 7.11 Å². The maximum absolute atomic E-state index is 6.17. The molecule has 0 aliphatic rings. The van der Waals surface area contributed by atoms with Crippen LogP contribution in [0.5, 0.6) is 0 Å². The number of nitrogens with one attached hydrogen (secondary N) is 1. The normalized spacial score (nSPS) is 10.5. The number of para-hydroxylation sites is 1. The minimum absolute atomic E-state index is 0.720. The van der Waals surface area contributed by atoms with Crippen LogP contribution in [-0.4, -0.2) is 34.4 Å². The van der Waals surface area contributed by atoms with Crippen molar-refractivity contribution in [2.75, 3.05) is 39.3 Å². The Morgan fingerprint density at radius 3 is 2.75 bits per heavy atom. The molecule has 0 aliphatic heterocycles. The van der Waals surface area contributed by atoms with Crippen LogP contribution < -0.4 is 10.2 Å². The quantitative estimate of drug-likeness (QED) is 0.774. The third kappa shape index (κ3) is 3.67. The molecule has 1 aromatic rings. The third-order valence-electron chi connectivity index (χ3n) is 2.32. The van der Waals surface area contributed by atoms with Gasteiger partial charge >= 0.3 is 0 Å². The smallest absolute Gasteiger partial charge is 0.0642 e. The zero-order chi connectivity index (χ0) is 12.0. The second-order valence-corrected chi connectivity index (χ2v) is 4.22. The highest BCUT2D eigenvalue weighted by molar-refractivity contribution is 6.33. The maximum atomic E-state index is 6.17. The van der Waals surface area contributed by atoms with E-state index in [0.29, 0.717) is 0 Å². The minimum atomic E-state index is 0.720. The zero-order valence-corrected chi connectivity index (χ0v) is 10.8. The Morgan fingerprint density at radius 1 is 1.38 bits per heavy atom. The van der Waals surface area contributed by atoms with Crippen LogP contribution in [0.25, 0.3) is 0 Å². The van der Waals surface area contributed by atoms with E-state index in [2.05, 4.69) is 11.4 Å². The zero-order valence-electron chi connectivity index (χ0n) is 10.1. The molecule has 1 aromatic carbocycles. The lowest BCUT2D eigenvalue weighted by molar-refractivity contribution is 0.199. The molecule has 4 heteroatoms. The summed E-state index contributed by atoms with van der Waals surface area (Å²) in [5, 5.41) is 4.10. The summed E-state index contributed by atoms with van der Waals surface area (Å²) in [5.74, 6) is 0. The van der Waals surface area contributed by atoms with Gasteiger partial charge in [-0.05, 0) is 11.6 Å². The number of hydrogen-bond donors (Lipinski definition) is 1. The number of ether oxygens (including phenoxy) is 1. The summed E-state index contributed by atoms with van der Waals surface area (Å²) >= 11 is 6.17. The van der Waals surface area contributed by atoms with Gasteiger partial charge in [0.15, 0.2) is 0 Å². The van der Waals surface area contributed by atoms with E-state index < -0.39 is 0 Å². The molecule has 0 unspecified atom stereocenters. The van der Waals surface area contributed by atoms with Gasteiger partial charge < -0.3 is 15.0 Å². The van der Waals surface area contributed by atoms with Gasteiger partial charge in [-0.1, -0.05) is 23.7 Å². The highest BCUT2D eigenvalue weighted by Gasteiger charge is 2.07. The van der Waals surface area contributed by atoms with Crippen molar-refractivity contribution < 1.29 is 4.74 Å². The van der Waals surface area contributed by atoms with Crippen LogP contribution in [0.4, 0.5) is 5.69 Å². The van der Waals surface area contributed by atoms with Crippen molar-refractivity contribution in [2.24, 2.45) is 0 Å². The first-order chi connectivity index (χ1) is 7.66. The molecule has 0 spiro atoms. The van der Waals surface area contributed by atoms with E-state index in [0.717, 1.165) is 30.4 Å². The number of methoxy groups -OCH3 is 1. The molecule has 90 valence electrons. The lowest BCUT2D eigenvalue weighted by atomic mass is 10.1. The molecule has 0 radical (unpaired) electrons. The number of halogens is 1. The fourth-order valence-corrected chi connectivity index (χ4v) is 1.96. The topological polar surface area (TPSA) is 24.5 Å². The van der Waals surface area contributed by atoms with Crippen molar-refractivity contribution in [3.63, 3.8) is 0 Å². The molecule has 0 heterocycles. The first-order valence-corrected chi connectivity index (χ1v) is 5.69. The van der Waals surface area contributed by atoms with Gasteiger partial charge in [0.05, 0.1) is 17.3 Å². The average Bonchev–Trinajstić information content (AvgIpc) is 2.24. The molecular formula is C12H19ClN2O. The van der Waals surface area contributed by atoms with Crippen molar-refractivity contribution in [3.8, 4) is 0 Å². The number of rotatable bonds is 6. The monoisotopic (exact) mass is 242 g/mol. The average molecular weight is 243 g/mol. The second kappa shape index (κ2) is 6.74. The van der Waals surface area contributed by atoms with Crippen molar-refractivity contribution >= 4 is 17.3 Å². The number of anilines is 1. The predicted molar refractivity (Wildman–Crippen MR) is 69.4 cm³/mol. The SMILES string of the molecule is COCCNCc1cccc(Cl)c1N(C)C. The Balaban J connectivity index is 2.67. The third-order valence-corrected chi connectivity index (χ3v) is 2.62. The summed E-state index contributed by atoms with van der Waals surface area (Å²) in [4.78, 5) is 2.04. The summed E-state index contributed by atoms with van der Waals surface area (Å²) in [5.41, 5.74) is 2.28. The summed E-state index contributed by atoms with van der Waals surface area (Å²) in [6.07, 6.45) is 0. The Morgan fingerprint density at radius 2 is 2.12 bits per heavy atom. The number of nitrogens with zero attached hydrogens (tertiary/aromatic N) is 1. The first-order valence-electron chi connectivity index (χ1n) is 5.31. The molecule has 0 amide bonds. The fraction of sp³-hybridized carbons (Fsp3) is 0.500. The molecule has 1 rings (SSSR count). The molecule has 0 atom stereocenters. The second-order valence-electron chi connectivity index (χ2n) is 3.81. The Hall–Kier alpha value is -0.770. The van der Waals surface area contributed by atoms with Gasteiger partial charge in [0.1, 0.15) is 0 Å². The van der Waals surface area contributed by atoms with E-state index in [-0.39, 0.29) is 0 Å². The van der Waals surface area contributed by atoms with E-state index in [9.17, 15) is 0 Å². The van der Waals surface area contributed by atoms with E-state index in [4.69, 9.17) is 16.3 Å². The summed E-state index contributed by atoms with van der Waals surface area (Å²) in [6, 6.07) is 5.97. The van der Waals surface area contributed by atoms with Crippen LogP contribution in [0.15, 0.2) is 18.2 Å². The largest absolute Gasteiger partial charge is 0.383 e. The maximum Gasteiger partial charge on any atom is 0.0642 e. The lowest BCUT2D eigenvalue weighted by Gasteiger charge is -2.19. The molecule has 0 bridgehead atoms. The van der Waals surface area contributed by atoms with Crippen molar-refractivity contribution in [3.05, 3.63) is 28.8 Å². The first kappa shape index (κ1) is 13.3. The molecule has 0 saturated heterocycles. The van der Waals surface area contributed by atoms with Crippen molar-refractivity contribution in [1.29, 1.82) is 0 Å². The number of hydrogen-bond acceptors (Lipinski definition) is 3. The predicted octanol–water partition coefficient (Wildman–Crippen LogP) is 2.14. The van der Waals surface area contributed by atoms with Gasteiger partial charge in [-0.3, -0.25) is 0 Å². The molecule has 0 aromatic heterocycles. The van der Waals surface area contributed by atoms with Crippen LogP contribution in [0, 0.1) is 0 Å². The van der Waals surface area contributed by atoms with Crippen molar-refractivity contribution in [1.82, 2.24) is 5.32 Å². The molecule has 1 N–H and O–H groups in total. The molecular weight excluding hydrogens is 224 g/mol. The Labute approximate surface area is 102 Å². The Bertz CT molecular complexity index is 329. The van der Waals surface area contributed by atoms with Gasteiger partial charge in [0.25, 0.3) is 0 Å². The highest BCUT2D eigenvalue weighted by Crippen LogP contribution is 2.28. The van der Waals surface area contributed by atoms with E-state index in [1.165, 1.54) is 5.56 Å². The minimum Gasteiger partial charge on any atom is -0.383 e. The van der Waals surface area contributed by atoms with Crippen molar-refractivity contribution in [2.45, 2.75) is 6.54 Å². The lowest BCUT2D eigenvalue weighted by Crippen LogP contribution is -2.21. The Kier molecular flexibility index (Phi) is 5.60. The van der Waals surface area contributed by atoms with Crippen LogP contribution in [0.1, 0.15) is 5.56 Å².